The van der Waals surface area contributed by atoms with Gasteiger partial charge in [-0.2, -0.15) is 0 Å². The number of carbonyl (C=O) groups is 2. The molecule has 1 aliphatic rings. The number of halogens is 2. The van der Waals surface area contributed by atoms with Crippen LogP contribution < -0.4 is 5.73 Å². The third-order valence-electron chi connectivity index (χ3n) is 3.74. The first-order valence-electron chi connectivity index (χ1n) is 7.77. The molecule has 2 N–H and O–H groups in total. The molecule has 1 saturated heterocycles. The number of benzene rings is 2. The van der Waals surface area contributed by atoms with Crippen molar-refractivity contribution < 1.29 is 9.59 Å². The fourth-order valence-corrected chi connectivity index (χ4v) is 3.80. The van der Waals surface area contributed by atoms with Gasteiger partial charge in [0.1, 0.15) is 0 Å². The molecule has 0 spiro atoms. The Labute approximate surface area is 165 Å². The highest BCUT2D eigenvalue weighted by Gasteiger charge is 2.34. The van der Waals surface area contributed by atoms with Crippen molar-refractivity contribution in [2.45, 2.75) is 18.2 Å². The Balaban J connectivity index is 1.94. The van der Waals surface area contributed by atoms with Crippen molar-refractivity contribution in [1.82, 2.24) is 4.90 Å². The summed E-state index contributed by atoms with van der Waals surface area (Å²) >= 11 is 13.1. The zero-order chi connectivity index (χ0) is 18.7. The van der Waals surface area contributed by atoms with E-state index in [2.05, 4.69) is 4.99 Å². The Morgan fingerprint density at radius 1 is 1.19 bits per heavy atom. The maximum atomic E-state index is 12.6. The van der Waals surface area contributed by atoms with Crippen LogP contribution in [0.3, 0.4) is 0 Å². The molecule has 2 aromatic rings. The number of hydrogen-bond acceptors (Lipinski definition) is 4. The van der Waals surface area contributed by atoms with Crippen LogP contribution in [0.2, 0.25) is 10.0 Å². The van der Waals surface area contributed by atoms with Gasteiger partial charge in [0.15, 0.2) is 5.17 Å². The first-order chi connectivity index (χ1) is 12.4. The monoisotopic (exact) mass is 407 g/mol. The fourth-order valence-electron chi connectivity index (χ4n) is 2.44. The van der Waals surface area contributed by atoms with Gasteiger partial charge in [-0.15, -0.1) is 0 Å². The van der Waals surface area contributed by atoms with Gasteiger partial charge in [0.2, 0.25) is 11.8 Å². The highest BCUT2D eigenvalue weighted by atomic mass is 35.5. The molecule has 8 heteroatoms. The van der Waals surface area contributed by atoms with E-state index >= 15 is 0 Å². The van der Waals surface area contributed by atoms with E-state index < -0.39 is 11.2 Å². The van der Waals surface area contributed by atoms with Crippen molar-refractivity contribution in [1.29, 1.82) is 0 Å². The summed E-state index contributed by atoms with van der Waals surface area (Å²) in [5.74, 6) is -0.739. The molecule has 0 bridgehead atoms. The van der Waals surface area contributed by atoms with Gasteiger partial charge in [-0.3, -0.25) is 14.5 Å². The Morgan fingerprint density at radius 2 is 1.92 bits per heavy atom. The van der Waals surface area contributed by atoms with E-state index in [1.165, 1.54) is 11.8 Å². The molecule has 0 radical (unpaired) electrons. The predicted octanol–water partition coefficient (Wildman–Crippen LogP) is 4.00. The minimum atomic E-state index is -0.637. The molecule has 2 aromatic carbocycles. The highest BCUT2D eigenvalue weighted by Crippen LogP contribution is 2.30. The lowest BCUT2D eigenvalue weighted by Gasteiger charge is -2.31. The molecular formula is C18H15Cl2N3O2S. The van der Waals surface area contributed by atoms with Gasteiger partial charge in [-0.05, 0) is 35.9 Å². The number of amidine groups is 1. The Morgan fingerprint density at radius 3 is 2.58 bits per heavy atom. The molecule has 0 aliphatic carbocycles. The number of carbonyl (C=O) groups excluding carboxylic acids is 2. The van der Waals surface area contributed by atoms with Crippen molar-refractivity contribution in [3.63, 3.8) is 0 Å². The molecule has 1 fully saturated rings. The lowest BCUT2D eigenvalue weighted by molar-refractivity contribution is -0.130. The smallest absolute Gasteiger partial charge is 0.231 e. The maximum Gasteiger partial charge on any atom is 0.231 e. The molecule has 5 nitrogen and oxygen atoms in total. The SMILES string of the molecule is NC(=O)C1CC(=O)N(Cc2ccc(Cl)cc2)C(=Nc2cccc(Cl)c2)S1. The normalized spacial score (nSPS) is 19.0. The number of nitrogens with two attached hydrogens (primary N) is 1. The van der Waals surface area contributed by atoms with Crippen LogP contribution in [0, 0.1) is 0 Å². The first-order valence-corrected chi connectivity index (χ1v) is 9.41. The Hall–Kier alpha value is -2.02. The number of rotatable bonds is 4. The second-order valence-corrected chi connectivity index (χ2v) is 7.74. The molecule has 2 amide bonds. The number of aliphatic imine (C=N–C) groups is 1. The summed E-state index contributed by atoms with van der Waals surface area (Å²) in [5, 5.41) is 0.938. The summed E-state index contributed by atoms with van der Waals surface area (Å²) in [5.41, 5.74) is 6.90. The summed E-state index contributed by atoms with van der Waals surface area (Å²) in [4.78, 5) is 30.3. The number of hydrogen-bond donors (Lipinski definition) is 1. The molecule has 134 valence electrons. The quantitative estimate of drug-likeness (QED) is 0.831. The molecule has 0 aromatic heterocycles. The van der Waals surface area contributed by atoms with E-state index in [9.17, 15) is 9.59 Å². The zero-order valence-corrected chi connectivity index (χ0v) is 15.9. The number of amides is 2. The summed E-state index contributed by atoms with van der Waals surface area (Å²) in [6.07, 6.45) is 0.0438. The van der Waals surface area contributed by atoms with Gasteiger partial charge >= 0.3 is 0 Å². The zero-order valence-electron chi connectivity index (χ0n) is 13.6. The highest BCUT2D eigenvalue weighted by molar-refractivity contribution is 8.15. The lowest BCUT2D eigenvalue weighted by Crippen LogP contribution is -2.45. The minimum Gasteiger partial charge on any atom is -0.369 e. The van der Waals surface area contributed by atoms with Gasteiger partial charge < -0.3 is 5.73 Å². The Kier molecular flexibility index (Phi) is 5.86. The van der Waals surface area contributed by atoms with Crippen LogP contribution in [0.5, 0.6) is 0 Å². The summed E-state index contributed by atoms with van der Waals surface area (Å²) in [7, 11) is 0. The van der Waals surface area contributed by atoms with Crippen LogP contribution in [0.25, 0.3) is 0 Å². The Bertz CT molecular complexity index is 871. The summed E-state index contributed by atoms with van der Waals surface area (Å²) in [6, 6.07) is 14.2. The van der Waals surface area contributed by atoms with Gasteiger partial charge in [0.25, 0.3) is 0 Å². The van der Waals surface area contributed by atoms with E-state index in [1.807, 2.05) is 12.1 Å². The van der Waals surface area contributed by atoms with Crippen molar-refractivity contribution >= 4 is 57.6 Å². The number of primary amides is 1. The summed E-state index contributed by atoms with van der Waals surface area (Å²) < 4.78 is 0. The van der Waals surface area contributed by atoms with E-state index in [1.54, 1.807) is 41.3 Å². The summed E-state index contributed by atoms with van der Waals surface area (Å²) in [6.45, 7) is 0.327. The van der Waals surface area contributed by atoms with Crippen molar-refractivity contribution in [3.05, 3.63) is 64.1 Å². The van der Waals surface area contributed by atoms with Gasteiger partial charge in [-0.1, -0.05) is 53.2 Å². The van der Waals surface area contributed by atoms with Crippen LogP contribution in [0.1, 0.15) is 12.0 Å². The van der Waals surface area contributed by atoms with E-state index in [0.717, 1.165) is 5.56 Å². The third-order valence-corrected chi connectivity index (χ3v) is 5.44. The van der Waals surface area contributed by atoms with E-state index in [4.69, 9.17) is 28.9 Å². The average Bonchev–Trinajstić information content (AvgIpc) is 2.59. The van der Waals surface area contributed by atoms with Gasteiger partial charge in [0, 0.05) is 16.5 Å². The largest absolute Gasteiger partial charge is 0.369 e. The second-order valence-electron chi connectivity index (χ2n) is 5.69. The van der Waals surface area contributed by atoms with Crippen LogP contribution in [0.4, 0.5) is 5.69 Å². The van der Waals surface area contributed by atoms with Crippen LogP contribution in [-0.4, -0.2) is 27.1 Å². The minimum absolute atomic E-state index is 0.0438. The van der Waals surface area contributed by atoms with Crippen molar-refractivity contribution in [2.24, 2.45) is 10.7 Å². The number of nitrogens with zero attached hydrogens (tertiary/aromatic N) is 2. The molecule has 26 heavy (non-hydrogen) atoms. The molecule has 0 saturated carbocycles. The number of thioether (sulfide) groups is 1. The molecule has 1 atom stereocenters. The predicted molar refractivity (Wildman–Crippen MR) is 106 cm³/mol. The molecule has 1 unspecified atom stereocenters. The van der Waals surface area contributed by atoms with Crippen LogP contribution >= 0.6 is 35.0 Å². The van der Waals surface area contributed by atoms with Crippen molar-refractivity contribution in [2.75, 3.05) is 0 Å². The lowest BCUT2D eigenvalue weighted by atomic mass is 10.2. The fraction of sp³-hybridized carbons (Fsp3) is 0.167. The molecular weight excluding hydrogens is 393 g/mol. The van der Waals surface area contributed by atoms with Crippen molar-refractivity contribution in [3.8, 4) is 0 Å². The second kappa shape index (κ2) is 8.12. The molecule has 3 rings (SSSR count). The first kappa shape index (κ1) is 18.8. The average molecular weight is 408 g/mol. The van der Waals surface area contributed by atoms with E-state index in [0.29, 0.717) is 27.4 Å². The topological polar surface area (TPSA) is 75.8 Å². The van der Waals surface area contributed by atoms with Gasteiger partial charge in [-0.25, -0.2) is 4.99 Å². The standard InChI is InChI=1S/C18H15Cl2N3O2S/c19-12-6-4-11(5-7-12)10-23-16(24)9-15(17(21)25)26-18(23)22-14-3-1-2-13(20)8-14/h1-8,15H,9-10H2,(H2,21,25). The molecule has 1 heterocycles. The van der Waals surface area contributed by atoms with E-state index in [-0.39, 0.29) is 12.3 Å². The molecule has 1 aliphatic heterocycles. The van der Waals surface area contributed by atoms with Gasteiger partial charge in [0.05, 0.1) is 17.5 Å². The van der Waals surface area contributed by atoms with Crippen LogP contribution in [-0.2, 0) is 16.1 Å². The maximum absolute atomic E-state index is 12.6. The third kappa shape index (κ3) is 4.58. The van der Waals surface area contributed by atoms with Crippen LogP contribution in [0.15, 0.2) is 53.5 Å².